The zero-order valence-corrected chi connectivity index (χ0v) is 5.59. The van der Waals surface area contributed by atoms with Crippen molar-refractivity contribution < 1.29 is 4.74 Å². The van der Waals surface area contributed by atoms with Crippen LogP contribution in [0.15, 0.2) is 24.1 Å². The highest BCUT2D eigenvalue weighted by Crippen LogP contribution is 2.08. The van der Waals surface area contributed by atoms with Crippen molar-refractivity contribution in [3.63, 3.8) is 0 Å². The molecule has 0 saturated heterocycles. The maximum Gasteiger partial charge on any atom is 0.246 e. The van der Waals surface area contributed by atoms with Gasteiger partial charge in [0.05, 0.1) is 12.0 Å². The standard InChI is InChI=1S/C7H9NO/c1-8(2)7-4-3-5-9-6-7/h3-5H,1-2H3. The van der Waals surface area contributed by atoms with Crippen molar-refractivity contribution in [1.82, 2.24) is 4.90 Å². The average molecular weight is 123 g/mol. The summed E-state index contributed by atoms with van der Waals surface area (Å²) in [4.78, 5) is 1.93. The number of hydrogen-bond donors (Lipinski definition) is 0. The smallest absolute Gasteiger partial charge is 0.246 e. The van der Waals surface area contributed by atoms with E-state index in [0.717, 1.165) is 5.70 Å². The lowest BCUT2D eigenvalue weighted by atomic mass is 10.3. The predicted octanol–water partition coefficient (Wildman–Crippen LogP) is 1.01. The minimum absolute atomic E-state index is 0.956. The van der Waals surface area contributed by atoms with E-state index in [2.05, 4.69) is 6.61 Å². The van der Waals surface area contributed by atoms with Crippen molar-refractivity contribution in [3.05, 3.63) is 30.7 Å². The van der Waals surface area contributed by atoms with E-state index in [-0.39, 0.29) is 0 Å². The maximum absolute atomic E-state index is 4.80. The molecule has 0 bridgehead atoms. The average Bonchev–Trinajstić information content (AvgIpc) is 1.90. The van der Waals surface area contributed by atoms with Crippen LogP contribution in [-0.2, 0) is 4.74 Å². The minimum atomic E-state index is 0.956. The summed E-state index contributed by atoms with van der Waals surface area (Å²) in [5.74, 6) is 0. The third-order valence-electron chi connectivity index (χ3n) is 1.05. The molecule has 0 unspecified atom stereocenters. The van der Waals surface area contributed by atoms with Gasteiger partial charge in [-0.2, -0.15) is 0 Å². The molecule has 1 heterocycles. The number of allylic oxidation sites excluding steroid dienone is 2. The van der Waals surface area contributed by atoms with Crippen molar-refractivity contribution in [3.8, 4) is 0 Å². The molecular formula is C7H9NO. The first-order valence-corrected chi connectivity index (χ1v) is 2.76. The Balaban J connectivity index is 2.57. The largest absolute Gasteiger partial charge is 0.479 e. The Labute approximate surface area is 55.4 Å². The van der Waals surface area contributed by atoms with Gasteiger partial charge >= 0.3 is 0 Å². The number of likely N-dealkylation sites (N-methyl/N-ethyl adjacent to an activating group) is 1. The molecule has 2 heteroatoms. The van der Waals surface area contributed by atoms with Crippen molar-refractivity contribution in [2.75, 3.05) is 14.1 Å². The van der Waals surface area contributed by atoms with Gasteiger partial charge in [-0.15, -0.1) is 0 Å². The second-order valence-corrected chi connectivity index (χ2v) is 1.99. The Morgan fingerprint density at radius 1 is 1.56 bits per heavy atom. The van der Waals surface area contributed by atoms with Gasteiger partial charge in [0, 0.05) is 14.1 Å². The highest BCUT2D eigenvalue weighted by molar-refractivity contribution is 5.18. The highest BCUT2D eigenvalue weighted by atomic mass is 16.5. The maximum atomic E-state index is 4.80. The van der Waals surface area contributed by atoms with Crippen molar-refractivity contribution in [2.45, 2.75) is 0 Å². The van der Waals surface area contributed by atoms with Crippen LogP contribution in [0.1, 0.15) is 0 Å². The second-order valence-electron chi connectivity index (χ2n) is 1.99. The SMILES string of the molecule is CN(C)C1=CC=CO[C]1. The van der Waals surface area contributed by atoms with Gasteiger partial charge in [0.2, 0.25) is 6.61 Å². The number of ether oxygens (including phenoxy) is 1. The molecule has 0 fully saturated rings. The lowest BCUT2D eigenvalue weighted by Gasteiger charge is -2.15. The molecule has 9 heavy (non-hydrogen) atoms. The number of rotatable bonds is 1. The summed E-state index contributed by atoms with van der Waals surface area (Å²) in [6, 6.07) is 0. The molecule has 2 nitrogen and oxygen atoms in total. The Kier molecular flexibility index (Phi) is 1.78. The molecule has 1 aliphatic heterocycles. The van der Waals surface area contributed by atoms with Crippen molar-refractivity contribution in [2.24, 2.45) is 0 Å². The van der Waals surface area contributed by atoms with E-state index >= 15 is 0 Å². The molecule has 1 aliphatic rings. The van der Waals surface area contributed by atoms with Gasteiger partial charge in [0.1, 0.15) is 0 Å². The zero-order valence-electron chi connectivity index (χ0n) is 5.59. The third-order valence-corrected chi connectivity index (χ3v) is 1.05. The lowest BCUT2D eigenvalue weighted by Crippen LogP contribution is -2.12. The van der Waals surface area contributed by atoms with Gasteiger partial charge < -0.3 is 9.64 Å². The van der Waals surface area contributed by atoms with Crippen molar-refractivity contribution >= 4 is 0 Å². The van der Waals surface area contributed by atoms with Crippen LogP contribution in [0.4, 0.5) is 0 Å². The Hall–Kier alpha value is -0.920. The topological polar surface area (TPSA) is 12.5 Å². The molecule has 0 aromatic rings. The molecule has 0 atom stereocenters. The monoisotopic (exact) mass is 123 g/mol. The molecule has 2 radical (unpaired) electrons. The van der Waals surface area contributed by atoms with Crippen LogP contribution in [0, 0.1) is 6.61 Å². The Morgan fingerprint density at radius 3 is 2.67 bits per heavy atom. The van der Waals surface area contributed by atoms with Crippen LogP contribution in [0.3, 0.4) is 0 Å². The molecule has 0 spiro atoms. The van der Waals surface area contributed by atoms with Crippen molar-refractivity contribution in [1.29, 1.82) is 0 Å². The third kappa shape index (κ3) is 1.49. The summed E-state index contributed by atoms with van der Waals surface area (Å²) in [5, 5.41) is 0. The molecule has 0 saturated carbocycles. The van der Waals surface area contributed by atoms with Crippen LogP contribution in [0.5, 0.6) is 0 Å². The molecule has 48 valence electrons. The summed E-state index contributed by atoms with van der Waals surface area (Å²) >= 11 is 0. The highest BCUT2D eigenvalue weighted by Gasteiger charge is 2.02. The summed E-state index contributed by atoms with van der Waals surface area (Å²) < 4.78 is 4.80. The van der Waals surface area contributed by atoms with Crippen LogP contribution in [0.2, 0.25) is 0 Å². The minimum Gasteiger partial charge on any atom is -0.479 e. The summed E-state index contributed by atoms with van der Waals surface area (Å²) in [6.45, 7) is 2.72. The molecule has 1 rings (SSSR count). The normalized spacial score (nSPS) is 16.4. The van der Waals surface area contributed by atoms with Gasteiger partial charge in [-0.3, -0.25) is 0 Å². The van der Waals surface area contributed by atoms with Crippen LogP contribution in [-0.4, -0.2) is 19.0 Å². The molecule has 0 aromatic heterocycles. The van der Waals surface area contributed by atoms with E-state index in [9.17, 15) is 0 Å². The van der Waals surface area contributed by atoms with Gasteiger partial charge in [0.25, 0.3) is 0 Å². The first-order valence-electron chi connectivity index (χ1n) is 2.76. The van der Waals surface area contributed by atoms with Gasteiger partial charge in [-0.05, 0) is 12.2 Å². The number of hydrogen-bond acceptors (Lipinski definition) is 2. The fraction of sp³-hybridized carbons (Fsp3) is 0.286. The van der Waals surface area contributed by atoms with Crippen LogP contribution in [0.25, 0.3) is 0 Å². The fourth-order valence-corrected chi connectivity index (χ4v) is 0.538. The molecule has 0 amide bonds. The molecule has 0 N–H and O–H groups in total. The van der Waals surface area contributed by atoms with E-state index in [4.69, 9.17) is 4.74 Å². The van der Waals surface area contributed by atoms with Gasteiger partial charge in [0.15, 0.2) is 0 Å². The van der Waals surface area contributed by atoms with Gasteiger partial charge in [-0.1, -0.05) is 0 Å². The Bertz CT molecular complexity index is 147. The van der Waals surface area contributed by atoms with E-state index in [1.165, 1.54) is 0 Å². The quantitative estimate of drug-likeness (QED) is 0.516. The van der Waals surface area contributed by atoms with E-state index < -0.39 is 0 Å². The molecule has 0 aliphatic carbocycles. The summed E-state index contributed by atoms with van der Waals surface area (Å²) in [7, 11) is 3.89. The summed E-state index contributed by atoms with van der Waals surface area (Å²) in [6.07, 6.45) is 5.36. The first-order chi connectivity index (χ1) is 4.30. The van der Waals surface area contributed by atoms with Crippen LogP contribution < -0.4 is 0 Å². The van der Waals surface area contributed by atoms with E-state index in [0.29, 0.717) is 0 Å². The molecule has 0 aromatic carbocycles. The predicted molar refractivity (Wildman–Crippen MR) is 35.2 cm³/mol. The molecular weight excluding hydrogens is 114 g/mol. The zero-order chi connectivity index (χ0) is 6.69. The lowest BCUT2D eigenvalue weighted by molar-refractivity contribution is 0.313. The second kappa shape index (κ2) is 2.58. The summed E-state index contributed by atoms with van der Waals surface area (Å²) in [5.41, 5.74) is 0.956. The van der Waals surface area contributed by atoms with E-state index in [1.54, 1.807) is 6.26 Å². The van der Waals surface area contributed by atoms with Gasteiger partial charge in [-0.25, -0.2) is 0 Å². The fourth-order valence-electron chi connectivity index (χ4n) is 0.538. The Morgan fingerprint density at radius 2 is 2.33 bits per heavy atom. The first kappa shape index (κ1) is 6.20. The number of nitrogens with zero attached hydrogens (tertiary/aromatic N) is 1. The van der Waals surface area contributed by atoms with E-state index in [1.807, 2.05) is 31.1 Å². The van der Waals surface area contributed by atoms with Crippen LogP contribution >= 0.6 is 0 Å².